The number of benzene rings is 1. The first-order valence-corrected chi connectivity index (χ1v) is 15.5. The quantitative estimate of drug-likeness (QED) is 0.398. The molecule has 1 aromatic carbocycles. The first-order valence-electron chi connectivity index (χ1n) is 15.5. The zero-order chi connectivity index (χ0) is 32.0. The maximum atomic E-state index is 13.7. The second-order valence-electron chi connectivity index (χ2n) is 11.9. The third-order valence-corrected chi connectivity index (χ3v) is 8.43. The first-order chi connectivity index (χ1) is 21.7. The van der Waals surface area contributed by atoms with E-state index in [0.29, 0.717) is 47.9 Å². The molecular formula is C32H42N6O7. The molecule has 45 heavy (non-hydrogen) atoms. The number of ether oxygens (including phenoxy) is 3. The minimum absolute atomic E-state index is 0.121. The molecule has 13 heteroatoms. The summed E-state index contributed by atoms with van der Waals surface area (Å²) in [5, 5.41) is 10.1. The highest BCUT2D eigenvalue weighted by Crippen LogP contribution is 2.43. The lowest BCUT2D eigenvalue weighted by Crippen LogP contribution is -2.46. The van der Waals surface area contributed by atoms with Gasteiger partial charge in [0, 0.05) is 52.0 Å². The maximum absolute atomic E-state index is 13.7. The van der Waals surface area contributed by atoms with E-state index in [2.05, 4.69) is 15.7 Å². The number of carbonyl (C=O) groups excluding carboxylic acids is 4. The van der Waals surface area contributed by atoms with E-state index >= 15 is 0 Å². The van der Waals surface area contributed by atoms with Crippen LogP contribution >= 0.6 is 0 Å². The van der Waals surface area contributed by atoms with Crippen molar-refractivity contribution in [3.63, 3.8) is 0 Å². The number of aryl methyl sites for hydroxylation is 1. The minimum atomic E-state index is -0.980. The Morgan fingerprint density at radius 2 is 1.96 bits per heavy atom. The average Bonchev–Trinajstić information content (AvgIpc) is 3.61. The second kappa shape index (κ2) is 14.0. The molecule has 0 spiro atoms. The zero-order valence-corrected chi connectivity index (χ0v) is 26.2. The SMILES string of the molecule is CCOC(=O)C1(CC2CC2)CNC(=O)CCCN(C(=O)c2cnn3ccn(C)c23)CCNC(=O)COc2cc(ccc2OC)C1. The van der Waals surface area contributed by atoms with Crippen LogP contribution in [0.5, 0.6) is 11.5 Å². The van der Waals surface area contributed by atoms with E-state index < -0.39 is 5.41 Å². The maximum Gasteiger partial charge on any atom is 0.314 e. The highest BCUT2D eigenvalue weighted by molar-refractivity contribution is 6.00. The number of nitrogens with zero attached hydrogens (tertiary/aromatic N) is 4. The molecule has 3 aromatic rings. The predicted octanol–water partition coefficient (Wildman–Crippen LogP) is 2.12. The van der Waals surface area contributed by atoms with Crippen molar-refractivity contribution in [2.24, 2.45) is 18.4 Å². The minimum Gasteiger partial charge on any atom is -0.493 e. The Morgan fingerprint density at radius 3 is 2.71 bits per heavy atom. The van der Waals surface area contributed by atoms with E-state index in [4.69, 9.17) is 14.2 Å². The van der Waals surface area contributed by atoms with E-state index in [-0.39, 0.29) is 69.5 Å². The summed E-state index contributed by atoms with van der Waals surface area (Å²) >= 11 is 0. The molecule has 1 fully saturated rings. The molecule has 1 aliphatic heterocycles. The summed E-state index contributed by atoms with van der Waals surface area (Å²) in [6, 6.07) is 5.38. The van der Waals surface area contributed by atoms with Crippen LogP contribution in [0.25, 0.3) is 5.65 Å². The molecule has 1 aliphatic carbocycles. The van der Waals surface area contributed by atoms with Crippen LogP contribution < -0.4 is 20.1 Å². The van der Waals surface area contributed by atoms with Crippen molar-refractivity contribution in [3.05, 3.63) is 47.9 Å². The number of nitrogens with one attached hydrogen (secondary N) is 2. The first kappa shape index (κ1) is 31.9. The molecule has 2 bridgehead atoms. The summed E-state index contributed by atoms with van der Waals surface area (Å²) in [6.07, 6.45) is 8.60. The number of hydrogen-bond donors (Lipinski definition) is 2. The molecule has 2 N–H and O–H groups in total. The van der Waals surface area contributed by atoms with E-state index in [1.54, 1.807) is 34.7 Å². The van der Waals surface area contributed by atoms with Crippen LogP contribution in [-0.2, 0) is 32.6 Å². The Bertz CT molecular complexity index is 1540. The van der Waals surface area contributed by atoms with Crippen molar-refractivity contribution in [1.29, 1.82) is 0 Å². The Balaban J connectivity index is 1.41. The summed E-state index contributed by atoms with van der Waals surface area (Å²) in [5.41, 5.74) is 0.899. The lowest BCUT2D eigenvalue weighted by Gasteiger charge is -2.32. The fourth-order valence-electron chi connectivity index (χ4n) is 5.93. The molecule has 3 heterocycles. The molecule has 0 saturated heterocycles. The van der Waals surface area contributed by atoms with E-state index in [0.717, 1.165) is 18.4 Å². The summed E-state index contributed by atoms with van der Waals surface area (Å²) in [5.74, 6) is 0.0116. The fraction of sp³-hybridized carbons (Fsp3) is 0.531. The van der Waals surface area contributed by atoms with Gasteiger partial charge < -0.3 is 34.3 Å². The summed E-state index contributed by atoms with van der Waals surface area (Å²) in [4.78, 5) is 54.8. The monoisotopic (exact) mass is 622 g/mol. The number of esters is 1. The van der Waals surface area contributed by atoms with Gasteiger partial charge in [-0.1, -0.05) is 18.9 Å². The lowest BCUT2D eigenvalue weighted by molar-refractivity contribution is -0.156. The normalized spacial score (nSPS) is 20.4. The molecule has 1 unspecified atom stereocenters. The standard InChI is InChI=1S/C32H42N6O7/c1-4-44-31(42)32(17-22-7-8-22)18-23-9-10-25(43-3)26(16-23)45-20-28(40)33-11-13-37(12-5-6-27(39)34-21-32)30(41)24-19-35-38-15-14-36(2)29(24)38/h9-10,14-16,19,22H,4-8,11-13,17-18,20-21H2,1-3H3,(H,33,40)(H,34,39). The van der Waals surface area contributed by atoms with Crippen molar-refractivity contribution < 1.29 is 33.4 Å². The molecule has 0 radical (unpaired) electrons. The van der Waals surface area contributed by atoms with E-state index in [1.165, 1.54) is 13.3 Å². The van der Waals surface area contributed by atoms with Crippen LogP contribution in [-0.4, -0.2) is 89.3 Å². The molecule has 242 valence electrons. The van der Waals surface area contributed by atoms with Gasteiger partial charge in [-0.3, -0.25) is 19.2 Å². The number of imidazole rings is 1. The molecule has 1 saturated carbocycles. The van der Waals surface area contributed by atoms with Gasteiger partial charge in [-0.2, -0.15) is 5.10 Å². The van der Waals surface area contributed by atoms with Crippen LogP contribution in [0.2, 0.25) is 0 Å². The number of amides is 3. The smallest absolute Gasteiger partial charge is 0.314 e. The van der Waals surface area contributed by atoms with Gasteiger partial charge in [-0.15, -0.1) is 0 Å². The van der Waals surface area contributed by atoms with Gasteiger partial charge in [0.05, 0.1) is 25.3 Å². The average molecular weight is 623 g/mol. The van der Waals surface area contributed by atoms with E-state index in [9.17, 15) is 19.2 Å². The van der Waals surface area contributed by atoms with Crippen molar-refractivity contribution >= 4 is 29.3 Å². The molecule has 2 aliphatic rings. The molecule has 2 aromatic heterocycles. The summed E-state index contributed by atoms with van der Waals surface area (Å²) in [7, 11) is 3.35. The zero-order valence-electron chi connectivity index (χ0n) is 26.2. The largest absolute Gasteiger partial charge is 0.493 e. The van der Waals surface area contributed by atoms with Crippen molar-refractivity contribution in [3.8, 4) is 11.5 Å². The van der Waals surface area contributed by atoms with Crippen LogP contribution in [0.1, 0.15) is 54.9 Å². The molecular weight excluding hydrogens is 580 g/mol. The van der Waals surface area contributed by atoms with Gasteiger partial charge in [-0.25, -0.2) is 4.52 Å². The van der Waals surface area contributed by atoms with Crippen molar-refractivity contribution in [2.45, 2.75) is 45.4 Å². The topological polar surface area (TPSA) is 145 Å². The van der Waals surface area contributed by atoms with Crippen LogP contribution in [0.3, 0.4) is 0 Å². The highest BCUT2D eigenvalue weighted by atomic mass is 16.5. The predicted molar refractivity (Wildman–Crippen MR) is 164 cm³/mol. The number of hydrogen-bond acceptors (Lipinski definition) is 8. The molecule has 5 rings (SSSR count). The van der Waals surface area contributed by atoms with Crippen molar-refractivity contribution in [2.75, 3.05) is 46.5 Å². The van der Waals surface area contributed by atoms with Gasteiger partial charge >= 0.3 is 5.97 Å². The van der Waals surface area contributed by atoms with Crippen LogP contribution in [0, 0.1) is 11.3 Å². The number of methoxy groups -OCH3 is 1. The molecule has 3 amide bonds. The van der Waals surface area contributed by atoms with Crippen molar-refractivity contribution in [1.82, 2.24) is 29.7 Å². The Labute approximate surface area is 262 Å². The number of aromatic nitrogens is 3. The van der Waals surface area contributed by atoms with Gasteiger partial charge in [0.2, 0.25) is 5.91 Å². The highest BCUT2D eigenvalue weighted by Gasteiger charge is 2.45. The number of carbonyl (C=O) groups is 4. The van der Waals surface area contributed by atoms with E-state index in [1.807, 2.05) is 23.9 Å². The van der Waals surface area contributed by atoms with Gasteiger partial charge in [0.1, 0.15) is 11.2 Å². The van der Waals surface area contributed by atoms with Gasteiger partial charge in [0.15, 0.2) is 18.1 Å². The van der Waals surface area contributed by atoms with Crippen LogP contribution in [0.15, 0.2) is 36.8 Å². The Morgan fingerprint density at radius 1 is 1.13 bits per heavy atom. The molecule has 13 nitrogen and oxygen atoms in total. The van der Waals surface area contributed by atoms with Gasteiger partial charge in [-0.05, 0) is 49.8 Å². The van der Waals surface area contributed by atoms with Crippen LogP contribution in [0.4, 0.5) is 0 Å². The van der Waals surface area contributed by atoms with Gasteiger partial charge in [0.25, 0.3) is 11.8 Å². The number of rotatable bonds is 6. The molecule has 1 atom stereocenters. The summed E-state index contributed by atoms with van der Waals surface area (Å²) < 4.78 is 20.4. The number of fused-ring (bicyclic) bond motifs is 3. The Kier molecular flexibility index (Phi) is 9.94. The second-order valence-corrected chi connectivity index (χ2v) is 11.9. The third-order valence-electron chi connectivity index (χ3n) is 8.43. The lowest BCUT2D eigenvalue weighted by atomic mass is 9.76. The fourth-order valence-corrected chi connectivity index (χ4v) is 5.93. The Hall–Kier alpha value is -4.55. The summed E-state index contributed by atoms with van der Waals surface area (Å²) in [6.45, 7) is 2.55. The third kappa shape index (κ3) is 7.58.